The fourth-order valence-corrected chi connectivity index (χ4v) is 3.06. The van der Waals surface area contributed by atoms with E-state index >= 15 is 0 Å². The largest absolute Gasteiger partial charge is 0.491 e. The molecule has 0 aliphatic carbocycles. The van der Waals surface area contributed by atoms with Crippen molar-refractivity contribution in [2.45, 2.75) is 26.0 Å². The maximum absolute atomic E-state index is 11.4. The zero-order chi connectivity index (χ0) is 16.9. The maximum atomic E-state index is 11.4. The van der Waals surface area contributed by atoms with Gasteiger partial charge in [-0.05, 0) is 36.6 Å². The van der Waals surface area contributed by atoms with Crippen LogP contribution in [-0.2, 0) is 13.0 Å². The minimum absolute atomic E-state index is 0.00739. The molecule has 1 N–H and O–H groups in total. The van der Waals surface area contributed by atoms with Crippen molar-refractivity contribution >= 4 is 5.78 Å². The first-order valence-electron chi connectivity index (χ1n) is 8.33. The van der Waals surface area contributed by atoms with Gasteiger partial charge in [-0.1, -0.05) is 36.4 Å². The van der Waals surface area contributed by atoms with Crippen LogP contribution in [0.3, 0.4) is 0 Å². The Morgan fingerprint density at radius 3 is 2.79 bits per heavy atom. The lowest BCUT2D eigenvalue weighted by molar-refractivity contribution is 0.0637. The van der Waals surface area contributed by atoms with E-state index in [9.17, 15) is 9.90 Å². The highest BCUT2D eigenvalue weighted by Gasteiger charge is 2.18. The third-order valence-electron chi connectivity index (χ3n) is 4.36. The summed E-state index contributed by atoms with van der Waals surface area (Å²) in [4.78, 5) is 13.6. The number of benzene rings is 2. The van der Waals surface area contributed by atoms with Crippen LogP contribution in [0, 0.1) is 0 Å². The van der Waals surface area contributed by atoms with Gasteiger partial charge < -0.3 is 9.84 Å². The van der Waals surface area contributed by atoms with Crippen molar-refractivity contribution < 1.29 is 14.6 Å². The van der Waals surface area contributed by atoms with Crippen LogP contribution in [0.1, 0.15) is 28.4 Å². The van der Waals surface area contributed by atoms with Crippen LogP contribution < -0.4 is 4.74 Å². The number of nitrogens with zero attached hydrogens (tertiary/aromatic N) is 1. The molecule has 2 aromatic rings. The maximum Gasteiger partial charge on any atom is 0.159 e. The van der Waals surface area contributed by atoms with E-state index in [2.05, 4.69) is 29.2 Å². The quantitative estimate of drug-likeness (QED) is 0.830. The molecule has 4 nitrogen and oxygen atoms in total. The molecule has 0 radical (unpaired) electrons. The summed E-state index contributed by atoms with van der Waals surface area (Å²) in [5.41, 5.74) is 3.36. The number of aliphatic hydroxyl groups is 1. The number of β-amino-alcohol motifs (C(OH)–C–C–N with tert-alkyl or cyclic N) is 1. The Kier molecular flexibility index (Phi) is 5.28. The van der Waals surface area contributed by atoms with Crippen LogP contribution in [0.25, 0.3) is 0 Å². The van der Waals surface area contributed by atoms with Gasteiger partial charge in [-0.25, -0.2) is 0 Å². The molecular formula is C20H23NO3. The third-order valence-corrected chi connectivity index (χ3v) is 4.36. The zero-order valence-corrected chi connectivity index (χ0v) is 13.9. The average Bonchev–Trinajstić information content (AvgIpc) is 2.60. The Hall–Kier alpha value is -2.17. The molecule has 1 aliphatic heterocycles. The van der Waals surface area contributed by atoms with Crippen LogP contribution in [0.4, 0.5) is 0 Å². The monoisotopic (exact) mass is 325 g/mol. The number of ether oxygens (including phenoxy) is 1. The fourth-order valence-electron chi connectivity index (χ4n) is 3.06. The van der Waals surface area contributed by atoms with E-state index in [-0.39, 0.29) is 12.4 Å². The molecule has 4 heteroatoms. The lowest BCUT2D eigenvalue weighted by Gasteiger charge is -2.30. The number of hydrogen-bond donors (Lipinski definition) is 1. The second-order valence-corrected chi connectivity index (χ2v) is 6.30. The summed E-state index contributed by atoms with van der Waals surface area (Å²) in [6, 6.07) is 15.5. The number of hydrogen-bond acceptors (Lipinski definition) is 4. The molecular weight excluding hydrogens is 302 g/mol. The highest BCUT2D eigenvalue weighted by molar-refractivity contribution is 5.94. The number of Topliss-reactive ketones (excluding diaryl/α,β-unsaturated/α-hetero) is 1. The van der Waals surface area contributed by atoms with Gasteiger partial charge in [-0.2, -0.15) is 0 Å². The van der Waals surface area contributed by atoms with Gasteiger partial charge in [0.25, 0.3) is 0 Å². The molecule has 1 aliphatic rings. The first-order valence-corrected chi connectivity index (χ1v) is 8.33. The number of carbonyl (C=O) groups is 1. The van der Waals surface area contributed by atoms with Crippen molar-refractivity contribution in [1.29, 1.82) is 0 Å². The summed E-state index contributed by atoms with van der Waals surface area (Å²) in [7, 11) is 0. The fraction of sp³-hybridized carbons (Fsp3) is 0.350. The van der Waals surface area contributed by atoms with Crippen LogP contribution in [0.2, 0.25) is 0 Å². The number of aliphatic hydroxyl groups excluding tert-OH is 1. The van der Waals surface area contributed by atoms with Crippen molar-refractivity contribution in [2.75, 3.05) is 19.7 Å². The number of ketones is 1. The SMILES string of the molecule is CC(=O)c1cccc(OC[C@H](O)CN2CCc3ccccc3C2)c1. The van der Waals surface area contributed by atoms with E-state index < -0.39 is 6.10 Å². The van der Waals surface area contributed by atoms with Gasteiger partial charge in [0.15, 0.2) is 5.78 Å². The summed E-state index contributed by atoms with van der Waals surface area (Å²) in [5, 5.41) is 10.3. The molecule has 0 aromatic heterocycles. The van der Waals surface area contributed by atoms with Gasteiger partial charge in [0.2, 0.25) is 0 Å². The van der Waals surface area contributed by atoms with Crippen LogP contribution in [-0.4, -0.2) is 41.6 Å². The van der Waals surface area contributed by atoms with E-state index in [1.807, 2.05) is 0 Å². The first kappa shape index (κ1) is 16.7. The molecule has 0 saturated carbocycles. The van der Waals surface area contributed by atoms with Crippen LogP contribution >= 0.6 is 0 Å². The Balaban J connectivity index is 1.51. The van der Waals surface area contributed by atoms with E-state index in [1.54, 1.807) is 24.3 Å². The molecule has 0 bridgehead atoms. The summed E-state index contributed by atoms with van der Waals surface area (Å²) in [5.74, 6) is 0.624. The Morgan fingerprint density at radius 1 is 1.21 bits per heavy atom. The van der Waals surface area contributed by atoms with Gasteiger partial charge in [-0.15, -0.1) is 0 Å². The molecule has 0 amide bonds. The topological polar surface area (TPSA) is 49.8 Å². The highest BCUT2D eigenvalue weighted by atomic mass is 16.5. The van der Waals surface area contributed by atoms with Crippen LogP contribution in [0.15, 0.2) is 48.5 Å². The molecule has 24 heavy (non-hydrogen) atoms. The van der Waals surface area contributed by atoms with Crippen LogP contribution in [0.5, 0.6) is 5.75 Å². The lowest BCUT2D eigenvalue weighted by atomic mass is 10.00. The minimum Gasteiger partial charge on any atom is -0.491 e. The zero-order valence-electron chi connectivity index (χ0n) is 13.9. The Bertz CT molecular complexity index is 714. The van der Waals surface area contributed by atoms with E-state index in [1.165, 1.54) is 18.1 Å². The number of rotatable bonds is 6. The summed E-state index contributed by atoms with van der Waals surface area (Å²) < 4.78 is 5.64. The molecule has 3 rings (SSSR count). The average molecular weight is 325 g/mol. The molecule has 0 fully saturated rings. The van der Waals surface area contributed by atoms with E-state index in [4.69, 9.17) is 4.74 Å². The summed E-state index contributed by atoms with van der Waals surface area (Å²) in [6.45, 7) is 4.16. The van der Waals surface area contributed by atoms with Gasteiger partial charge in [-0.3, -0.25) is 9.69 Å². The van der Waals surface area contributed by atoms with Gasteiger partial charge in [0.05, 0.1) is 0 Å². The van der Waals surface area contributed by atoms with Crippen molar-refractivity contribution in [3.8, 4) is 5.75 Å². The Labute approximate surface area is 142 Å². The lowest BCUT2D eigenvalue weighted by Crippen LogP contribution is -2.38. The standard InChI is InChI=1S/C20H23NO3/c1-15(22)17-7-4-8-20(11-17)24-14-19(23)13-21-10-9-16-5-2-3-6-18(16)12-21/h2-8,11,19,23H,9-10,12-14H2,1H3/t19-/m1/s1. The second kappa shape index (κ2) is 7.60. The molecule has 2 aromatic carbocycles. The predicted molar refractivity (Wildman–Crippen MR) is 93.4 cm³/mol. The molecule has 0 saturated heterocycles. The van der Waals surface area contributed by atoms with Crippen molar-refractivity contribution in [2.24, 2.45) is 0 Å². The molecule has 1 atom stereocenters. The van der Waals surface area contributed by atoms with E-state index in [0.29, 0.717) is 17.9 Å². The molecule has 0 unspecified atom stereocenters. The summed E-state index contributed by atoms with van der Waals surface area (Å²) >= 11 is 0. The van der Waals surface area contributed by atoms with Gasteiger partial charge in [0.1, 0.15) is 18.5 Å². The Morgan fingerprint density at radius 2 is 2.00 bits per heavy atom. The van der Waals surface area contributed by atoms with Crippen molar-refractivity contribution in [3.05, 3.63) is 65.2 Å². The second-order valence-electron chi connectivity index (χ2n) is 6.30. The molecule has 126 valence electrons. The third kappa shape index (κ3) is 4.22. The summed E-state index contributed by atoms with van der Waals surface area (Å²) in [6.07, 6.45) is 0.459. The van der Waals surface area contributed by atoms with Crippen molar-refractivity contribution in [1.82, 2.24) is 4.90 Å². The molecule has 1 heterocycles. The van der Waals surface area contributed by atoms with Crippen molar-refractivity contribution in [3.63, 3.8) is 0 Å². The van der Waals surface area contributed by atoms with Gasteiger partial charge in [0, 0.05) is 25.2 Å². The normalized spacial score (nSPS) is 15.6. The first-order chi connectivity index (χ1) is 11.6. The minimum atomic E-state index is -0.559. The predicted octanol–water partition coefficient (Wildman–Crippen LogP) is 2.69. The highest BCUT2D eigenvalue weighted by Crippen LogP contribution is 2.19. The molecule has 0 spiro atoms. The number of fused-ring (bicyclic) bond motifs is 1. The smallest absolute Gasteiger partial charge is 0.159 e. The van der Waals surface area contributed by atoms with Gasteiger partial charge >= 0.3 is 0 Å². The number of carbonyl (C=O) groups excluding carboxylic acids is 1. The van der Waals surface area contributed by atoms with E-state index in [0.717, 1.165) is 19.5 Å².